The van der Waals surface area contributed by atoms with Crippen LogP contribution in [0.5, 0.6) is 0 Å². The summed E-state index contributed by atoms with van der Waals surface area (Å²) in [5.74, 6) is -0.802. The highest BCUT2D eigenvalue weighted by atomic mass is 16.6. The number of nitrogens with one attached hydrogen (secondary N) is 1. The Hall–Kier alpha value is -2.86. The first-order valence-electron chi connectivity index (χ1n) is 9.48. The first-order chi connectivity index (χ1) is 13.5. The summed E-state index contributed by atoms with van der Waals surface area (Å²) in [5.41, 5.74) is 3.39. The van der Waals surface area contributed by atoms with E-state index in [0.29, 0.717) is 12.8 Å². The highest BCUT2D eigenvalue weighted by Gasteiger charge is 2.66. The lowest BCUT2D eigenvalue weighted by Gasteiger charge is -2.41. The molecule has 2 aliphatic heterocycles. The number of carboxylic acids is 1. The maximum Gasteiger partial charge on any atom is 0.407 e. The summed E-state index contributed by atoms with van der Waals surface area (Å²) in [6.07, 6.45) is 0.386. The second-order valence-electron chi connectivity index (χ2n) is 8.09. The Morgan fingerprint density at radius 1 is 1.07 bits per heavy atom. The molecule has 144 valence electrons. The Bertz CT molecular complexity index is 917. The topological polar surface area (TPSA) is 84.9 Å². The van der Waals surface area contributed by atoms with Crippen molar-refractivity contribution in [3.63, 3.8) is 0 Å². The molecule has 2 aromatic carbocycles. The number of carbonyl (C=O) groups excluding carboxylic acids is 1. The maximum atomic E-state index is 12.2. The highest BCUT2D eigenvalue weighted by Crippen LogP contribution is 2.57. The minimum Gasteiger partial charge on any atom is -0.481 e. The standard InChI is InChI=1S/C22H21NO5/c24-19(25)21-10-22(11-21,28-13-21)12-23-20(26)27-9-18-16-7-3-1-5-14(16)15-6-2-4-8-17(15)18/h1-8,18H,9-13H2,(H,23,26)(H,24,25). The largest absolute Gasteiger partial charge is 0.481 e. The van der Waals surface area contributed by atoms with E-state index in [2.05, 4.69) is 29.6 Å². The summed E-state index contributed by atoms with van der Waals surface area (Å²) in [6.45, 7) is 0.750. The molecule has 28 heavy (non-hydrogen) atoms. The zero-order valence-corrected chi connectivity index (χ0v) is 15.3. The van der Waals surface area contributed by atoms with Crippen LogP contribution in [0, 0.1) is 5.41 Å². The molecule has 2 saturated heterocycles. The van der Waals surface area contributed by atoms with Crippen molar-refractivity contribution >= 4 is 12.1 Å². The highest BCUT2D eigenvalue weighted by molar-refractivity contribution is 5.79. The monoisotopic (exact) mass is 379 g/mol. The van der Waals surface area contributed by atoms with E-state index >= 15 is 0 Å². The van der Waals surface area contributed by atoms with Crippen LogP contribution >= 0.6 is 0 Å². The fraction of sp³-hybridized carbons (Fsp3) is 0.364. The summed E-state index contributed by atoms with van der Waals surface area (Å²) in [6, 6.07) is 16.4. The minimum atomic E-state index is -0.818. The predicted molar refractivity (Wildman–Crippen MR) is 101 cm³/mol. The van der Waals surface area contributed by atoms with Gasteiger partial charge in [0.25, 0.3) is 0 Å². The smallest absolute Gasteiger partial charge is 0.407 e. The van der Waals surface area contributed by atoms with Crippen molar-refractivity contribution < 1.29 is 24.2 Å². The number of hydrogen-bond donors (Lipinski definition) is 2. The molecule has 3 fully saturated rings. The molecule has 0 atom stereocenters. The Labute approximate surface area is 162 Å². The van der Waals surface area contributed by atoms with E-state index in [1.165, 1.54) is 22.3 Å². The van der Waals surface area contributed by atoms with Crippen LogP contribution in [0.3, 0.4) is 0 Å². The fourth-order valence-corrected chi connectivity index (χ4v) is 4.95. The Kier molecular flexibility index (Phi) is 3.74. The van der Waals surface area contributed by atoms with Gasteiger partial charge < -0.3 is 19.9 Å². The molecule has 6 rings (SSSR count). The molecular formula is C22H21NO5. The molecular weight excluding hydrogens is 358 g/mol. The number of benzene rings is 2. The summed E-state index contributed by atoms with van der Waals surface area (Å²) < 4.78 is 11.2. The van der Waals surface area contributed by atoms with Crippen molar-refractivity contribution in [2.75, 3.05) is 19.8 Å². The third-order valence-electron chi connectivity index (χ3n) is 6.33. The van der Waals surface area contributed by atoms with Crippen molar-refractivity contribution in [2.24, 2.45) is 5.41 Å². The van der Waals surface area contributed by atoms with E-state index in [-0.39, 0.29) is 25.7 Å². The minimum absolute atomic E-state index is 0.0161. The van der Waals surface area contributed by atoms with E-state index in [1.54, 1.807) is 0 Å². The van der Waals surface area contributed by atoms with Gasteiger partial charge in [0.05, 0.1) is 17.6 Å². The third kappa shape index (κ3) is 2.52. The van der Waals surface area contributed by atoms with Crippen molar-refractivity contribution in [3.05, 3.63) is 59.7 Å². The number of ether oxygens (including phenoxy) is 2. The number of carboxylic acid groups (broad SMARTS) is 1. The molecule has 2 aliphatic carbocycles. The van der Waals surface area contributed by atoms with Gasteiger partial charge in [0.1, 0.15) is 6.61 Å². The maximum absolute atomic E-state index is 12.2. The lowest BCUT2D eigenvalue weighted by atomic mass is 9.62. The van der Waals surface area contributed by atoms with Crippen LogP contribution in [0.4, 0.5) is 4.79 Å². The van der Waals surface area contributed by atoms with Crippen LogP contribution in [0.2, 0.25) is 0 Å². The van der Waals surface area contributed by atoms with Crippen molar-refractivity contribution in [1.29, 1.82) is 0 Å². The number of carbonyl (C=O) groups is 2. The van der Waals surface area contributed by atoms with Gasteiger partial charge in [-0.15, -0.1) is 0 Å². The number of hydrogen-bond acceptors (Lipinski definition) is 4. The van der Waals surface area contributed by atoms with E-state index in [1.807, 2.05) is 24.3 Å². The molecule has 4 aliphatic rings. The molecule has 6 nitrogen and oxygen atoms in total. The molecule has 1 amide bonds. The predicted octanol–water partition coefficient (Wildman–Crippen LogP) is 3.16. The van der Waals surface area contributed by atoms with Gasteiger partial charge in [-0.25, -0.2) is 4.79 Å². The SMILES string of the molecule is O=C(NCC12CC(C(=O)O)(CO1)C2)OCC1c2ccccc2-c2ccccc21. The number of fused-ring (bicyclic) bond motifs is 4. The van der Waals surface area contributed by atoms with Crippen LogP contribution in [0.15, 0.2) is 48.5 Å². The van der Waals surface area contributed by atoms with E-state index < -0.39 is 23.1 Å². The number of amides is 1. The van der Waals surface area contributed by atoms with Gasteiger partial charge in [0.2, 0.25) is 0 Å². The summed E-state index contributed by atoms with van der Waals surface area (Å²) in [5, 5.41) is 12.0. The number of rotatable bonds is 5. The first-order valence-corrected chi connectivity index (χ1v) is 9.48. The average molecular weight is 379 g/mol. The van der Waals surface area contributed by atoms with Crippen molar-refractivity contribution in [3.8, 4) is 11.1 Å². The van der Waals surface area contributed by atoms with Crippen molar-refractivity contribution in [2.45, 2.75) is 24.4 Å². The van der Waals surface area contributed by atoms with Crippen LogP contribution in [0.25, 0.3) is 11.1 Å². The Balaban J connectivity index is 1.21. The third-order valence-corrected chi connectivity index (χ3v) is 6.33. The van der Waals surface area contributed by atoms with Gasteiger partial charge in [-0.3, -0.25) is 4.79 Å². The van der Waals surface area contributed by atoms with Gasteiger partial charge in [0, 0.05) is 12.5 Å². The summed E-state index contributed by atoms with van der Waals surface area (Å²) >= 11 is 0. The lowest BCUT2D eigenvalue weighted by Crippen LogP contribution is -2.54. The van der Waals surface area contributed by atoms with Gasteiger partial charge in [-0.2, -0.15) is 0 Å². The zero-order chi connectivity index (χ0) is 19.4. The molecule has 2 aromatic rings. The molecule has 2 bridgehead atoms. The van der Waals surface area contributed by atoms with Gasteiger partial charge in [0.15, 0.2) is 0 Å². The first kappa shape index (κ1) is 17.3. The van der Waals surface area contributed by atoms with Gasteiger partial charge in [-0.05, 0) is 35.1 Å². The van der Waals surface area contributed by atoms with Gasteiger partial charge in [-0.1, -0.05) is 48.5 Å². The lowest BCUT2D eigenvalue weighted by molar-refractivity contribution is -0.153. The molecule has 6 heteroatoms. The average Bonchev–Trinajstić information content (AvgIpc) is 3.34. The molecule has 2 N–H and O–H groups in total. The molecule has 0 unspecified atom stereocenters. The normalized spacial score (nSPS) is 26.9. The Morgan fingerprint density at radius 2 is 1.68 bits per heavy atom. The second kappa shape index (κ2) is 6.07. The zero-order valence-electron chi connectivity index (χ0n) is 15.3. The molecule has 0 radical (unpaired) electrons. The second-order valence-corrected chi connectivity index (χ2v) is 8.09. The van der Waals surface area contributed by atoms with Crippen LogP contribution in [-0.4, -0.2) is 42.5 Å². The quantitative estimate of drug-likeness (QED) is 0.834. The van der Waals surface area contributed by atoms with E-state index in [9.17, 15) is 14.7 Å². The van der Waals surface area contributed by atoms with E-state index in [0.717, 1.165) is 0 Å². The van der Waals surface area contributed by atoms with Crippen LogP contribution < -0.4 is 5.32 Å². The number of alkyl carbamates (subject to hydrolysis) is 1. The summed E-state index contributed by atoms with van der Waals surface area (Å²) in [4.78, 5) is 23.5. The fourth-order valence-electron chi connectivity index (χ4n) is 4.95. The van der Waals surface area contributed by atoms with Crippen LogP contribution in [0.1, 0.15) is 29.9 Å². The molecule has 0 spiro atoms. The Morgan fingerprint density at radius 3 is 2.25 bits per heavy atom. The van der Waals surface area contributed by atoms with Crippen LogP contribution in [-0.2, 0) is 14.3 Å². The van der Waals surface area contributed by atoms with Gasteiger partial charge >= 0.3 is 12.1 Å². The molecule has 0 aromatic heterocycles. The van der Waals surface area contributed by atoms with E-state index in [4.69, 9.17) is 9.47 Å². The van der Waals surface area contributed by atoms with Crippen molar-refractivity contribution in [1.82, 2.24) is 5.32 Å². The molecule has 1 saturated carbocycles. The number of aliphatic carboxylic acids is 1. The summed E-state index contributed by atoms with van der Waals surface area (Å²) in [7, 11) is 0. The molecule has 2 heterocycles.